The molecule has 0 bridgehead atoms. The minimum Gasteiger partial charge on any atom is -0.422 e. The molecule has 1 aromatic heterocycles. The van der Waals surface area contributed by atoms with Crippen molar-refractivity contribution in [2.24, 2.45) is 0 Å². The first-order valence-electron chi connectivity index (χ1n) is 6.06. The fraction of sp³-hybridized carbons (Fsp3) is 0.154. The Labute approximate surface area is 130 Å². The highest BCUT2D eigenvalue weighted by molar-refractivity contribution is 7.91. The third-order valence-electron chi connectivity index (χ3n) is 2.60. The first-order chi connectivity index (χ1) is 10.3. The number of halogens is 2. The SMILES string of the molecule is CCS(=O)(=O)c1ncc(Cl)c(C(=O)Oc2ccc(F)cc2)n1. The van der Waals surface area contributed by atoms with Crippen molar-refractivity contribution in [2.75, 3.05) is 5.75 Å². The second kappa shape index (κ2) is 6.37. The van der Waals surface area contributed by atoms with Gasteiger partial charge in [-0.05, 0) is 24.3 Å². The van der Waals surface area contributed by atoms with Gasteiger partial charge in [-0.25, -0.2) is 27.6 Å². The normalized spacial score (nSPS) is 11.2. The van der Waals surface area contributed by atoms with Crippen LogP contribution >= 0.6 is 11.6 Å². The van der Waals surface area contributed by atoms with E-state index in [4.69, 9.17) is 16.3 Å². The molecule has 0 radical (unpaired) electrons. The molecule has 2 aromatic rings. The van der Waals surface area contributed by atoms with E-state index >= 15 is 0 Å². The maximum Gasteiger partial charge on any atom is 0.364 e. The quantitative estimate of drug-likeness (QED) is 0.480. The van der Waals surface area contributed by atoms with Crippen molar-refractivity contribution in [1.29, 1.82) is 0 Å². The molecule has 0 aliphatic carbocycles. The fourth-order valence-corrected chi connectivity index (χ4v) is 2.30. The van der Waals surface area contributed by atoms with E-state index in [1.54, 1.807) is 0 Å². The smallest absolute Gasteiger partial charge is 0.364 e. The largest absolute Gasteiger partial charge is 0.422 e. The van der Waals surface area contributed by atoms with Crippen molar-refractivity contribution in [3.63, 3.8) is 0 Å². The van der Waals surface area contributed by atoms with Gasteiger partial charge in [0.1, 0.15) is 11.6 Å². The molecule has 116 valence electrons. The van der Waals surface area contributed by atoms with Crippen molar-refractivity contribution < 1.29 is 22.3 Å². The lowest BCUT2D eigenvalue weighted by molar-refractivity contribution is 0.0727. The van der Waals surface area contributed by atoms with E-state index < -0.39 is 26.8 Å². The minimum atomic E-state index is -3.69. The van der Waals surface area contributed by atoms with Crippen molar-refractivity contribution in [3.05, 3.63) is 47.0 Å². The van der Waals surface area contributed by atoms with Crippen molar-refractivity contribution >= 4 is 27.4 Å². The van der Waals surface area contributed by atoms with Crippen LogP contribution in [0.4, 0.5) is 4.39 Å². The molecule has 0 unspecified atom stereocenters. The van der Waals surface area contributed by atoms with E-state index in [0.29, 0.717) is 0 Å². The van der Waals surface area contributed by atoms with Crippen LogP contribution in [0.5, 0.6) is 5.75 Å². The van der Waals surface area contributed by atoms with E-state index in [0.717, 1.165) is 18.3 Å². The number of hydrogen-bond donors (Lipinski definition) is 0. The Bertz CT molecular complexity index is 809. The zero-order chi connectivity index (χ0) is 16.3. The first kappa shape index (κ1) is 16.3. The number of nitrogens with zero attached hydrogens (tertiary/aromatic N) is 2. The lowest BCUT2D eigenvalue weighted by Gasteiger charge is -2.06. The molecule has 0 aliphatic rings. The summed E-state index contributed by atoms with van der Waals surface area (Å²) in [7, 11) is -3.69. The van der Waals surface area contributed by atoms with Crippen LogP contribution < -0.4 is 4.74 Å². The van der Waals surface area contributed by atoms with Gasteiger partial charge in [0.2, 0.25) is 15.0 Å². The molecule has 0 saturated carbocycles. The molecule has 0 spiro atoms. The van der Waals surface area contributed by atoms with Crippen LogP contribution in [-0.2, 0) is 9.84 Å². The topological polar surface area (TPSA) is 86.2 Å². The van der Waals surface area contributed by atoms with Gasteiger partial charge in [0.15, 0.2) is 5.69 Å². The highest BCUT2D eigenvalue weighted by Gasteiger charge is 2.22. The lowest BCUT2D eigenvalue weighted by Crippen LogP contribution is -2.16. The average molecular weight is 345 g/mol. The van der Waals surface area contributed by atoms with Crippen LogP contribution in [0, 0.1) is 5.82 Å². The summed E-state index contributed by atoms with van der Waals surface area (Å²) in [5.74, 6) is -1.61. The van der Waals surface area contributed by atoms with Gasteiger partial charge in [-0.2, -0.15) is 0 Å². The van der Waals surface area contributed by atoms with Crippen molar-refractivity contribution in [2.45, 2.75) is 12.1 Å². The second-order valence-electron chi connectivity index (χ2n) is 4.10. The molecule has 6 nitrogen and oxygen atoms in total. The van der Waals surface area contributed by atoms with Gasteiger partial charge >= 0.3 is 5.97 Å². The Kier molecular flexibility index (Phi) is 4.72. The van der Waals surface area contributed by atoms with Crippen LogP contribution in [0.15, 0.2) is 35.6 Å². The third kappa shape index (κ3) is 3.58. The van der Waals surface area contributed by atoms with E-state index in [1.165, 1.54) is 19.1 Å². The highest BCUT2D eigenvalue weighted by Crippen LogP contribution is 2.18. The number of rotatable bonds is 4. The second-order valence-corrected chi connectivity index (χ2v) is 6.68. The number of aromatic nitrogens is 2. The Morgan fingerprint density at radius 1 is 1.32 bits per heavy atom. The van der Waals surface area contributed by atoms with Crippen LogP contribution in [0.3, 0.4) is 0 Å². The van der Waals surface area contributed by atoms with Crippen LogP contribution in [0.2, 0.25) is 5.02 Å². The number of benzene rings is 1. The monoisotopic (exact) mass is 344 g/mol. The molecule has 0 fully saturated rings. The standard InChI is InChI=1S/C13H10ClFN2O4S/c1-2-22(19,20)13-16-7-10(14)11(17-13)12(18)21-9-5-3-8(15)4-6-9/h3-7H,2H2,1H3. The van der Waals surface area contributed by atoms with E-state index in [2.05, 4.69) is 9.97 Å². The first-order valence-corrected chi connectivity index (χ1v) is 8.09. The molecule has 9 heteroatoms. The molecular formula is C13H10ClFN2O4S. The van der Waals surface area contributed by atoms with Gasteiger partial charge in [-0.15, -0.1) is 0 Å². The average Bonchev–Trinajstić information content (AvgIpc) is 2.49. The maximum atomic E-state index is 12.8. The summed E-state index contributed by atoms with van der Waals surface area (Å²) in [4.78, 5) is 19.2. The lowest BCUT2D eigenvalue weighted by atomic mass is 10.3. The summed E-state index contributed by atoms with van der Waals surface area (Å²) in [6.07, 6.45) is 1.01. The predicted octanol–water partition coefficient (Wildman–Crippen LogP) is 2.28. The number of ether oxygens (including phenoxy) is 1. The molecular weight excluding hydrogens is 335 g/mol. The Balaban J connectivity index is 2.33. The zero-order valence-corrected chi connectivity index (χ0v) is 12.9. The summed E-state index contributed by atoms with van der Waals surface area (Å²) in [6, 6.07) is 4.70. The molecule has 0 saturated heterocycles. The van der Waals surface area contributed by atoms with E-state index in [-0.39, 0.29) is 22.2 Å². The number of hydrogen-bond acceptors (Lipinski definition) is 6. The molecule has 0 amide bonds. The number of carbonyl (C=O) groups excluding carboxylic acids is 1. The molecule has 1 aromatic carbocycles. The zero-order valence-electron chi connectivity index (χ0n) is 11.3. The third-order valence-corrected chi connectivity index (χ3v) is 4.39. The predicted molar refractivity (Wildman–Crippen MR) is 76.1 cm³/mol. The number of carbonyl (C=O) groups is 1. The van der Waals surface area contributed by atoms with Gasteiger partial charge in [0, 0.05) is 0 Å². The van der Waals surface area contributed by atoms with Gasteiger partial charge in [-0.1, -0.05) is 18.5 Å². The molecule has 2 rings (SSSR count). The Morgan fingerprint density at radius 2 is 1.95 bits per heavy atom. The number of sulfone groups is 1. The minimum absolute atomic E-state index is 0.0703. The van der Waals surface area contributed by atoms with Crippen molar-refractivity contribution in [1.82, 2.24) is 9.97 Å². The highest BCUT2D eigenvalue weighted by atomic mass is 35.5. The van der Waals surface area contributed by atoms with Crippen LogP contribution in [-0.4, -0.2) is 30.1 Å². The van der Waals surface area contributed by atoms with E-state index in [9.17, 15) is 17.6 Å². The fourth-order valence-electron chi connectivity index (χ4n) is 1.43. The van der Waals surface area contributed by atoms with Gasteiger partial charge < -0.3 is 4.74 Å². The van der Waals surface area contributed by atoms with Gasteiger partial charge in [0.25, 0.3) is 0 Å². The van der Waals surface area contributed by atoms with Crippen molar-refractivity contribution in [3.8, 4) is 5.75 Å². The summed E-state index contributed by atoms with van der Waals surface area (Å²) < 4.78 is 41.2. The summed E-state index contributed by atoms with van der Waals surface area (Å²) in [6.45, 7) is 1.42. The summed E-state index contributed by atoms with van der Waals surface area (Å²) >= 11 is 5.80. The summed E-state index contributed by atoms with van der Waals surface area (Å²) in [5.41, 5.74) is -0.381. The van der Waals surface area contributed by atoms with Crippen LogP contribution in [0.25, 0.3) is 0 Å². The molecule has 22 heavy (non-hydrogen) atoms. The Morgan fingerprint density at radius 3 is 2.55 bits per heavy atom. The molecule has 1 heterocycles. The van der Waals surface area contributed by atoms with Gasteiger partial charge in [0.05, 0.1) is 17.0 Å². The molecule has 0 atom stereocenters. The Hall–Kier alpha value is -2.06. The summed E-state index contributed by atoms with van der Waals surface area (Å²) in [5, 5.41) is -0.660. The molecule has 0 aliphatic heterocycles. The maximum absolute atomic E-state index is 12.8. The van der Waals surface area contributed by atoms with Gasteiger partial charge in [-0.3, -0.25) is 0 Å². The van der Waals surface area contributed by atoms with Crippen LogP contribution in [0.1, 0.15) is 17.4 Å². The van der Waals surface area contributed by atoms with E-state index in [1.807, 2.05) is 0 Å². The number of esters is 1. The molecule has 0 N–H and O–H groups in total.